The molecule has 0 N–H and O–H groups in total. The van der Waals surface area contributed by atoms with Crippen molar-refractivity contribution in [1.29, 1.82) is 0 Å². The maximum absolute atomic E-state index is 6.20. The van der Waals surface area contributed by atoms with Gasteiger partial charge in [0.25, 0.3) is 0 Å². The fourth-order valence-corrected chi connectivity index (χ4v) is 6.29. The summed E-state index contributed by atoms with van der Waals surface area (Å²) < 4.78 is 8.51. The summed E-state index contributed by atoms with van der Waals surface area (Å²) in [4.78, 5) is 15.2. The second-order valence-corrected chi connectivity index (χ2v) is 10.9. The monoisotopic (exact) mass is 564 g/mol. The molecule has 0 aliphatic heterocycles. The second kappa shape index (κ2) is 9.75. The lowest BCUT2D eigenvalue weighted by atomic mass is 10.1. The maximum Gasteiger partial charge on any atom is 0.164 e. The molecule has 5 heteroatoms. The highest BCUT2D eigenvalue weighted by Gasteiger charge is 2.18. The maximum atomic E-state index is 6.20. The zero-order valence-electron chi connectivity index (χ0n) is 23.6. The third kappa shape index (κ3) is 3.83. The molecule has 0 atom stereocenters. The quantitative estimate of drug-likeness (QED) is 0.213. The van der Waals surface area contributed by atoms with E-state index >= 15 is 0 Å². The van der Waals surface area contributed by atoms with Gasteiger partial charge in [0.15, 0.2) is 17.5 Å². The Labute approximate surface area is 252 Å². The van der Waals surface area contributed by atoms with Gasteiger partial charge in [-0.25, -0.2) is 15.0 Å². The highest BCUT2D eigenvalue weighted by molar-refractivity contribution is 6.12. The largest absolute Gasteiger partial charge is 0.456 e. The van der Waals surface area contributed by atoms with E-state index in [4.69, 9.17) is 19.4 Å². The molecular formula is C39H24N4O. The van der Waals surface area contributed by atoms with Crippen LogP contribution in [0.2, 0.25) is 0 Å². The summed E-state index contributed by atoms with van der Waals surface area (Å²) in [6.07, 6.45) is 0. The Morgan fingerprint density at radius 1 is 0.432 bits per heavy atom. The number of benzene rings is 6. The van der Waals surface area contributed by atoms with Crippen LogP contribution >= 0.6 is 0 Å². The summed E-state index contributed by atoms with van der Waals surface area (Å²) in [6.45, 7) is 0. The van der Waals surface area contributed by atoms with Gasteiger partial charge in [0.1, 0.15) is 11.2 Å². The molecule has 0 aliphatic rings. The number of nitrogens with zero attached hydrogens (tertiary/aromatic N) is 4. The van der Waals surface area contributed by atoms with E-state index < -0.39 is 0 Å². The first-order valence-corrected chi connectivity index (χ1v) is 14.6. The third-order valence-electron chi connectivity index (χ3n) is 8.25. The van der Waals surface area contributed by atoms with E-state index in [1.807, 2.05) is 60.7 Å². The topological polar surface area (TPSA) is 56.7 Å². The summed E-state index contributed by atoms with van der Waals surface area (Å²) in [7, 11) is 0. The number of hydrogen-bond donors (Lipinski definition) is 0. The second-order valence-electron chi connectivity index (χ2n) is 10.9. The lowest BCUT2D eigenvalue weighted by Gasteiger charge is -2.12. The van der Waals surface area contributed by atoms with Gasteiger partial charge in [-0.1, -0.05) is 109 Å². The molecule has 0 saturated carbocycles. The van der Waals surface area contributed by atoms with Crippen LogP contribution < -0.4 is 0 Å². The van der Waals surface area contributed by atoms with Gasteiger partial charge in [-0.15, -0.1) is 0 Å². The van der Waals surface area contributed by atoms with Crippen molar-refractivity contribution in [2.24, 2.45) is 0 Å². The Morgan fingerprint density at radius 2 is 1.00 bits per heavy atom. The summed E-state index contributed by atoms with van der Waals surface area (Å²) >= 11 is 0. The highest BCUT2D eigenvalue weighted by Crippen LogP contribution is 2.37. The molecule has 9 rings (SSSR count). The summed E-state index contributed by atoms with van der Waals surface area (Å²) in [5.41, 5.74) is 7.76. The minimum absolute atomic E-state index is 0.605. The van der Waals surface area contributed by atoms with Crippen LogP contribution in [0.1, 0.15) is 0 Å². The average Bonchev–Trinajstić information content (AvgIpc) is 3.65. The van der Waals surface area contributed by atoms with Gasteiger partial charge in [0, 0.05) is 43.9 Å². The summed E-state index contributed by atoms with van der Waals surface area (Å²) in [5.74, 6) is 1.84. The van der Waals surface area contributed by atoms with Crippen molar-refractivity contribution in [1.82, 2.24) is 19.5 Å². The summed E-state index contributed by atoms with van der Waals surface area (Å²) in [5, 5.41) is 4.48. The van der Waals surface area contributed by atoms with Gasteiger partial charge in [-0.3, -0.25) is 0 Å². The van der Waals surface area contributed by atoms with Crippen LogP contribution in [0.5, 0.6) is 0 Å². The molecule has 0 unspecified atom stereocenters. The molecule has 0 aliphatic carbocycles. The Balaban J connectivity index is 1.28. The minimum atomic E-state index is 0.605. The lowest BCUT2D eigenvalue weighted by Crippen LogP contribution is -2.01. The first kappa shape index (κ1) is 24.5. The molecule has 0 fully saturated rings. The van der Waals surface area contributed by atoms with Crippen LogP contribution in [0, 0.1) is 0 Å². The van der Waals surface area contributed by atoms with E-state index in [2.05, 4.69) is 89.5 Å². The molecular weight excluding hydrogens is 540 g/mol. The SMILES string of the molecule is c1ccc(-c2nc(-c3cccc(-n4c5ccccc5c5ccccc54)c3)nc(-c3cccc4oc5ccccc5c34)n2)cc1. The van der Waals surface area contributed by atoms with E-state index in [1.165, 1.54) is 10.8 Å². The molecule has 3 aromatic heterocycles. The average molecular weight is 565 g/mol. The number of aromatic nitrogens is 4. The smallest absolute Gasteiger partial charge is 0.164 e. The predicted octanol–water partition coefficient (Wildman–Crippen LogP) is 9.87. The standard InChI is InChI=1S/C39H24N4O/c1-2-12-25(13-3-1)37-40-38(42-39(41-37)31-19-11-23-35-36(31)30-18-6-9-22-34(30)44-35)26-14-10-15-27(24-26)43-32-20-7-4-16-28(32)29-17-5-8-21-33(29)43/h1-24H. The molecule has 3 heterocycles. The molecule has 5 nitrogen and oxygen atoms in total. The lowest BCUT2D eigenvalue weighted by molar-refractivity contribution is 0.669. The van der Waals surface area contributed by atoms with E-state index in [1.54, 1.807) is 0 Å². The van der Waals surface area contributed by atoms with Crippen LogP contribution in [-0.2, 0) is 0 Å². The Hall–Kier alpha value is -6.07. The summed E-state index contributed by atoms with van der Waals surface area (Å²) in [6, 6.07) is 49.8. The Bertz CT molecular complexity index is 2460. The Morgan fingerprint density at radius 3 is 1.77 bits per heavy atom. The normalized spacial score (nSPS) is 11.6. The molecule has 6 aromatic carbocycles. The van der Waals surface area contributed by atoms with Crippen LogP contribution in [0.3, 0.4) is 0 Å². The molecule has 0 radical (unpaired) electrons. The number of furan rings is 1. The molecule has 0 bridgehead atoms. The van der Waals surface area contributed by atoms with E-state index in [0.29, 0.717) is 17.5 Å². The minimum Gasteiger partial charge on any atom is -0.456 e. The number of fused-ring (bicyclic) bond motifs is 6. The fraction of sp³-hybridized carbons (Fsp3) is 0. The molecule has 0 saturated heterocycles. The van der Waals surface area contributed by atoms with E-state index in [0.717, 1.165) is 55.3 Å². The number of hydrogen-bond acceptors (Lipinski definition) is 4. The first-order valence-electron chi connectivity index (χ1n) is 14.6. The number of rotatable bonds is 4. The first-order chi connectivity index (χ1) is 21.8. The van der Waals surface area contributed by atoms with Crippen LogP contribution in [0.15, 0.2) is 150 Å². The van der Waals surface area contributed by atoms with Crippen molar-refractivity contribution in [2.45, 2.75) is 0 Å². The van der Waals surface area contributed by atoms with Gasteiger partial charge in [0.2, 0.25) is 0 Å². The van der Waals surface area contributed by atoms with Crippen LogP contribution in [0.25, 0.3) is 83.6 Å². The zero-order chi connectivity index (χ0) is 29.0. The van der Waals surface area contributed by atoms with Gasteiger partial charge in [0.05, 0.1) is 11.0 Å². The fourth-order valence-electron chi connectivity index (χ4n) is 6.29. The van der Waals surface area contributed by atoms with Gasteiger partial charge in [-0.2, -0.15) is 0 Å². The molecule has 0 spiro atoms. The van der Waals surface area contributed by atoms with Crippen LogP contribution in [-0.4, -0.2) is 19.5 Å². The van der Waals surface area contributed by atoms with Gasteiger partial charge in [-0.05, 0) is 36.4 Å². The van der Waals surface area contributed by atoms with E-state index in [-0.39, 0.29) is 0 Å². The number of para-hydroxylation sites is 3. The highest BCUT2D eigenvalue weighted by atomic mass is 16.3. The third-order valence-corrected chi connectivity index (χ3v) is 8.25. The van der Waals surface area contributed by atoms with Crippen molar-refractivity contribution in [3.8, 4) is 39.9 Å². The molecule has 0 amide bonds. The van der Waals surface area contributed by atoms with Crippen molar-refractivity contribution in [3.63, 3.8) is 0 Å². The van der Waals surface area contributed by atoms with Gasteiger partial charge < -0.3 is 8.98 Å². The van der Waals surface area contributed by atoms with Gasteiger partial charge >= 0.3 is 0 Å². The van der Waals surface area contributed by atoms with Crippen molar-refractivity contribution in [2.75, 3.05) is 0 Å². The van der Waals surface area contributed by atoms with Crippen LogP contribution in [0.4, 0.5) is 0 Å². The zero-order valence-corrected chi connectivity index (χ0v) is 23.6. The van der Waals surface area contributed by atoms with Crippen molar-refractivity contribution < 1.29 is 4.42 Å². The van der Waals surface area contributed by atoms with Crippen molar-refractivity contribution >= 4 is 43.7 Å². The molecule has 206 valence electrons. The van der Waals surface area contributed by atoms with E-state index in [9.17, 15) is 0 Å². The Kier molecular flexibility index (Phi) is 5.43. The molecule has 44 heavy (non-hydrogen) atoms. The van der Waals surface area contributed by atoms with Crippen molar-refractivity contribution in [3.05, 3.63) is 146 Å². The predicted molar refractivity (Wildman–Crippen MR) is 178 cm³/mol. The molecule has 9 aromatic rings.